The highest BCUT2D eigenvalue weighted by Crippen LogP contribution is 2.26. The van der Waals surface area contributed by atoms with Crippen molar-refractivity contribution in [1.29, 1.82) is 0 Å². The molecule has 1 unspecified atom stereocenters. The van der Waals surface area contributed by atoms with Gasteiger partial charge in [0, 0.05) is 31.3 Å². The summed E-state index contributed by atoms with van der Waals surface area (Å²) in [5.74, 6) is -0.802. The summed E-state index contributed by atoms with van der Waals surface area (Å²) in [6, 6.07) is 17.3. The van der Waals surface area contributed by atoms with E-state index in [4.69, 9.17) is 32.7 Å². The summed E-state index contributed by atoms with van der Waals surface area (Å²) in [4.78, 5) is 24.8. The number of carbonyl (C=O) groups is 2. The number of nitrogens with one attached hydrogen (secondary N) is 2. The molecule has 0 saturated carbocycles. The van der Waals surface area contributed by atoms with E-state index in [2.05, 4.69) is 31.8 Å². The molecular formula is C25H22BrCl2N3O4. The van der Waals surface area contributed by atoms with Gasteiger partial charge in [-0.15, -0.1) is 0 Å². The lowest BCUT2D eigenvalue weighted by Crippen LogP contribution is -2.34. The minimum atomic E-state index is -0.973. The van der Waals surface area contributed by atoms with Crippen molar-refractivity contribution in [3.63, 3.8) is 0 Å². The van der Waals surface area contributed by atoms with Gasteiger partial charge in [0.2, 0.25) is 5.91 Å². The Balaban J connectivity index is 1.60. The molecule has 182 valence electrons. The van der Waals surface area contributed by atoms with Crippen LogP contribution in [0.5, 0.6) is 11.5 Å². The number of halogens is 3. The number of carbonyl (C=O) groups excluding carboxylic acids is 2. The monoisotopic (exact) mass is 577 g/mol. The van der Waals surface area contributed by atoms with Gasteiger partial charge in [0.1, 0.15) is 24.0 Å². The molecule has 0 aromatic heterocycles. The van der Waals surface area contributed by atoms with Gasteiger partial charge in [-0.2, -0.15) is 5.10 Å². The molecule has 0 radical (unpaired) electrons. The number of ether oxygens (including phenoxy) is 2. The first-order valence-corrected chi connectivity index (χ1v) is 12.0. The zero-order valence-electron chi connectivity index (χ0n) is 18.8. The molecule has 0 bridgehead atoms. The van der Waals surface area contributed by atoms with Crippen molar-refractivity contribution in [2.75, 3.05) is 12.4 Å². The molecule has 2 amide bonds. The number of rotatable bonds is 9. The predicted molar refractivity (Wildman–Crippen MR) is 141 cm³/mol. The Bertz CT molecular complexity index is 1240. The number of anilines is 1. The van der Waals surface area contributed by atoms with Crippen molar-refractivity contribution in [1.82, 2.24) is 5.43 Å². The maximum atomic E-state index is 12.4. The van der Waals surface area contributed by atoms with E-state index in [1.807, 2.05) is 6.07 Å². The highest BCUT2D eigenvalue weighted by Gasteiger charge is 2.21. The van der Waals surface area contributed by atoms with Gasteiger partial charge in [-0.1, -0.05) is 45.2 Å². The second kappa shape index (κ2) is 12.6. The molecule has 2 N–H and O–H groups in total. The summed E-state index contributed by atoms with van der Waals surface area (Å²) < 4.78 is 11.8. The van der Waals surface area contributed by atoms with Gasteiger partial charge >= 0.3 is 0 Å². The molecule has 0 saturated heterocycles. The number of hydrogen-bond donors (Lipinski definition) is 2. The predicted octanol–water partition coefficient (Wildman–Crippen LogP) is 6.07. The number of nitrogens with zero attached hydrogens (tertiary/aromatic N) is 1. The van der Waals surface area contributed by atoms with E-state index in [0.717, 1.165) is 10.0 Å². The third-order valence-electron chi connectivity index (χ3n) is 4.89. The van der Waals surface area contributed by atoms with Crippen LogP contribution in [0.2, 0.25) is 10.0 Å². The average Bonchev–Trinajstić information content (AvgIpc) is 2.84. The fourth-order valence-corrected chi connectivity index (χ4v) is 3.69. The highest BCUT2D eigenvalue weighted by atomic mass is 79.9. The number of benzene rings is 3. The SMILES string of the molecule is COc1ccc(NC(=O)C(C)C(=O)NN=Cc2cc(Br)ccc2OCc2ccc(Cl)cc2Cl)cc1. The minimum Gasteiger partial charge on any atom is -0.497 e. The van der Waals surface area contributed by atoms with E-state index in [-0.39, 0.29) is 6.61 Å². The first-order valence-electron chi connectivity index (χ1n) is 10.4. The van der Waals surface area contributed by atoms with Crippen LogP contribution in [-0.2, 0) is 16.2 Å². The standard InChI is InChI=1S/C25H22BrCl2N3O4/c1-15(24(32)30-20-6-8-21(34-2)9-7-20)25(33)31-29-13-17-11-18(26)4-10-23(17)35-14-16-3-5-19(27)12-22(16)28/h3-13,15H,14H2,1-2H3,(H,30,32)(H,31,33). The van der Waals surface area contributed by atoms with E-state index < -0.39 is 17.7 Å². The molecule has 3 aromatic carbocycles. The third-order valence-corrected chi connectivity index (χ3v) is 5.97. The number of methoxy groups -OCH3 is 1. The second-order valence-corrected chi connectivity index (χ2v) is 9.14. The van der Waals surface area contributed by atoms with Crippen LogP contribution in [0.1, 0.15) is 18.1 Å². The maximum absolute atomic E-state index is 12.4. The largest absolute Gasteiger partial charge is 0.497 e. The van der Waals surface area contributed by atoms with Crippen molar-refractivity contribution in [2.24, 2.45) is 11.0 Å². The molecule has 35 heavy (non-hydrogen) atoms. The molecular weight excluding hydrogens is 557 g/mol. The van der Waals surface area contributed by atoms with Gasteiger partial charge in [0.25, 0.3) is 5.91 Å². The Morgan fingerprint density at radius 2 is 1.80 bits per heavy atom. The van der Waals surface area contributed by atoms with Crippen LogP contribution in [0, 0.1) is 5.92 Å². The van der Waals surface area contributed by atoms with Crippen LogP contribution in [0.3, 0.4) is 0 Å². The Labute approximate surface area is 221 Å². The summed E-state index contributed by atoms with van der Waals surface area (Å²) in [5.41, 5.74) is 4.33. The molecule has 7 nitrogen and oxygen atoms in total. The molecule has 0 fully saturated rings. The van der Waals surface area contributed by atoms with Crippen LogP contribution in [-0.4, -0.2) is 25.1 Å². The smallest absolute Gasteiger partial charge is 0.252 e. The summed E-state index contributed by atoms with van der Waals surface area (Å²) >= 11 is 15.6. The summed E-state index contributed by atoms with van der Waals surface area (Å²) in [5, 5.41) is 7.72. The maximum Gasteiger partial charge on any atom is 0.252 e. The molecule has 3 aromatic rings. The van der Waals surface area contributed by atoms with Crippen LogP contribution < -0.4 is 20.2 Å². The molecule has 1 atom stereocenters. The fourth-order valence-electron chi connectivity index (χ4n) is 2.85. The van der Waals surface area contributed by atoms with Crippen molar-refractivity contribution < 1.29 is 19.1 Å². The first kappa shape index (κ1) is 26.5. The van der Waals surface area contributed by atoms with E-state index >= 15 is 0 Å². The van der Waals surface area contributed by atoms with Crippen molar-refractivity contribution in [3.05, 3.63) is 86.3 Å². The average molecular weight is 579 g/mol. The summed E-state index contributed by atoms with van der Waals surface area (Å²) in [6.45, 7) is 1.71. The fraction of sp³-hybridized carbons (Fsp3) is 0.160. The number of hydrogen-bond acceptors (Lipinski definition) is 5. The quantitative estimate of drug-likeness (QED) is 0.183. The van der Waals surface area contributed by atoms with Crippen molar-refractivity contribution >= 4 is 62.8 Å². The lowest BCUT2D eigenvalue weighted by atomic mass is 10.1. The molecule has 0 aliphatic rings. The molecule has 0 aliphatic heterocycles. The Morgan fingerprint density at radius 1 is 1.06 bits per heavy atom. The normalized spacial score (nSPS) is 11.7. The van der Waals surface area contributed by atoms with Crippen LogP contribution in [0.15, 0.2) is 70.2 Å². The van der Waals surface area contributed by atoms with Crippen LogP contribution >= 0.6 is 39.1 Å². The van der Waals surface area contributed by atoms with Gasteiger partial charge in [0.15, 0.2) is 0 Å². The van der Waals surface area contributed by atoms with E-state index in [0.29, 0.717) is 32.8 Å². The van der Waals surface area contributed by atoms with Crippen LogP contribution in [0.25, 0.3) is 0 Å². The Hall–Kier alpha value is -3.07. The molecule has 3 rings (SSSR count). The second-order valence-electron chi connectivity index (χ2n) is 7.38. The molecule has 0 spiro atoms. The highest BCUT2D eigenvalue weighted by molar-refractivity contribution is 9.10. The third kappa shape index (κ3) is 7.71. The summed E-state index contributed by atoms with van der Waals surface area (Å²) in [7, 11) is 1.55. The van der Waals surface area contributed by atoms with Gasteiger partial charge in [0.05, 0.1) is 13.3 Å². The van der Waals surface area contributed by atoms with Crippen LogP contribution in [0.4, 0.5) is 5.69 Å². The zero-order chi connectivity index (χ0) is 25.4. The van der Waals surface area contributed by atoms with E-state index in [9.17, 15) is 9.59 Å². The van der Waals surface area contributed by atoms with Crippen molar-refractivity contribution in [3.8, 4) is 11.5 Å². The zero-order valence-corrected chi connectivity index (χ0v) is 21.9. The van der Waals surface area contributed by atoms with E-state index in [1.54, 1.807) is 61.7 Å². The molecule has 0 heterocycles. The minimum absolute atomic E-state index is 0.216. The van der Waals surface area contributed by atoms with Gasteiger partial charge in [-0.3, -0.25) is 9.59 Å². The number of hydrazone groups is 1. The summed E-state index contributed by atoms with van der Waals surface area (Å²) in [6.07, 6.45) is 1.44. The van der Waals surface area contributed by atoms with Gasteiger partial charge in [-0.05, 0) is 61.5 Å². The topological polar surface area (TPSA) is 89.0 Å². The first-order chi connectivity index (χ1) is 16.8. The lowest BCUT2D eigenvalue weighted by Gasteiger charge is -2.12. The molecule has 10 heteroatoms. The lowest BCUT2D eigenvalue weighted by molar-refractivity contribution is -0.131. The van der Waals surface area contributed by atoms with Gasteiger partial charge in [-0.25, -0.2) is 5.43 Å². The molecule has 0 aliphatic carbocycles. The van der Waals surface area contributed by atoms with E-state index in [1.165, 1.54) is 13.1 Å². The van der Waals surface area contributed by atoms with Gasteiger partial charge < -0.3 is 14.8 Å². The Kier molecular flexibility index (Phi) is 9.54. The van der Waals surface area contributed by atoms with Crippen molar-refractivity contribution in [2.45, 2.75) is 13.5 Å². The number of amides is 2. The Morgan fingerprint density at radius 3 is 2.49 bits per heavy atom.